The second kappa shape index (κ2) is 12.0. The van der Waals surface area contributed by atoms with Crippen LogP contribution in [0.15, 0.2) is 102 Å². The lowest BCUT2D eigenvalue weighted by molar-refractivity contribution is -0.141. The van der Waals surface area contributed by atoms with Crippen molar-refractivity contribution in [3.63, 3.8) is 0 Å². The number of phenols is 1. The molecule has 248 valence electrons. The van der Waals surface area contributed by atoms with Crippen LogP contribution >= 0.6 is 22.9 Å². The van der Waals surface area contributed by atoms with Gasteiger partial charge in [0.2, 0.25) is 23.6 Å². The smallest absolute Gasteiger partial charge is 0.246 e. The molecule has 0 unspecified atom stereocenters. The number of allylic oxidation sites excluding steroid dienone is 2. The number of thiophene rings is 1. The zero-order valence-electron chi connectivity index (χ0n) is 26.6. The van der Waals surface area contributed by atoms with Crippen molar-refractivity contribution in [1.29, 1.82) is 0 Å². The van der Waals surface area contributed by atoms with Crippen LogP contribution in [0.5, 0.6) is 11.5 Å². The van der Waals surface area contributed by atoms with Crippen molar-refractivity contribution in [2.45, 2.75) is 37.6 Å². The van der Waals surface area contributed by atoms with Gasteiger partial charge in [-0.1, -0.05) is 71.8 Å². The number of amides is 4. The zero-order chi connectivity index (χ0) is 34.0. The molecule has 2 aliphatic heterocycles. The van der Waals surface area contributed by atoms with Crippen molar-refractivity contribution in [2.75, 3.05) is 11.5 Å². The van der Waals surface area contributed by atoms with E-state index in [-0.39, 0.29) is 48.1 Å². The van der Waals surface area contributed by atoms with Crippen molar-refractivity contribution in [3.8, 4) is 11.5 Å². The summed E-state index contributed by atoms with van der Waals surface area (Å²) in [5.74, 6) is -4.28. The largest absolute Gasteiger partial charge is 0.504 e. The Bertz CT molecular complexity index is 2030. The molecular weight excluding hydrogens is 660 g/mol. The van der Waals surface area contributed by atoms with Gasteiger partial charge in [-0.2, -0.15) is 0 Å². The van der Waals surface area contributed by atoms with Gasteiger partial charge in [-0.25, -0.2) is 4.90 Å². The Kier molecular flexibility index (Phi) is 7.72. The first kappa shape index (κ1) is 31.5. The number of nitrogens with zero attached hydrogens (tertiary/aromatic N) is 2. The summed E-state index contributed by atoms with van der Waals surface area (Å²) in [4.78, 5) is 61.9. The predicted molar refractivity (Wildman–Crippen MR) is 185 cm³/mol. The van der Waals surface area contributed by atoms with E-state index in [0.29, 0.717) is 34.9 Å². The Morgan fingerprint density at radius 2 is 1.73 bits per heavy atom. The summed E-state index contributed by atoms with van der Waals surface area (Å²) in [6.45, 7) is 2.33. The van der Waals surface area contributed by atoms with Crippen molar-refractivity contribution in [2.24, 2.45) is 23.7 Å². The minimum absolute atomic E-state index is 0.0453. The van der Waals surface area contributed by atoms with Gasteiger partial charge in [0.15, 0.2) is 11.5 Å². The Morgan fingerprint density at radius 3 is 2.47 bits per heavy atom. The number of ether oxygens (including phenoxy) is 1. The van der Waals surface area contributed by atoms with E-state index in [1.54, 1.807) is 42.5 Å². The van der Waals surface area contributed by atoms with Crippen molar-refractivity contribution < 1.29 is 29.0 Å². The average Bonchev–Trinajstić information content (AvgIpc) is 3.77. The maximum absolute atomic E-state index is 15.3. The Balaban J connectivity index is 1.35. The normalized spacial score (nSPS) is 27.6. The zero-order valence-corrected chi connectivity index (χ0v) is 28.2. The van der Waals surface area contributed by atoms with Gasteiger partial charge in [0, 0.05) is 15.8 Å². The molecule has 4 aromatic rings. The van der Waals surface area contributed by atoms with Gasteiger partial charge in [0.05, 0.1) is 42.0 Å². The highest BCUT2D eigenvalue weighted by atomic mass is 35.5. The average molecular weight is 693 g/mol. The van der Waals surface area contributed by atoms with Gasteiger partial charge < -0.3 is 9.84 Å². The fourth-order valence-corrected chi connectivity index (χ4v) is 9.76. The van der Waals surface area contributed by atoms with Gasteiger partial charge in [-0.3, -0.25) is 24.1 Å². The van der Waals surface area contributed by atoms with Gasteiger partial charge >= 0.3 is 0 Å². The molecule has 49 heavy (non-hydrogen) atoms. The molecule has 10 heteroatoms. The van der Waals surface area contributed by atoms with Gasteiger partial charge in [0.1, 0.15) is 0 Å². The first-order valence-electron chi connectivity index (χ1n) is 16.5. The number of hydrogen-bond donors (Lipinski definition) is 1. The van der Waals surface area contributed by atoms with Crippen molar-refractivity contribution >= 4 is 52.3 Å². The fraction of sp³-hybridized carbons (Fsp3) is 0.282. The summed E-state index contributed by atoms with van der Waals surface area (Å²) in [7, 11) is 0. The van der Waals surface area contributed by atoms with E-state index in [9.17, 15) is 19.5 Å². The molecule has 0 bridgehead atoms. The highest BCUT2D eigenvalue weighted by molar-refractivity contribution is 7.09. The van der Waals surface area contributed by atoms with Crippen LogP contribution in [0.25, 0.3) is 0 Å². The second-order valence-electron chi connectivity index (χ2n) is 13.1. The summed E-state index contributed by atoms with van der Waals surface area (Å²) >= 11 is 7.89. The summed E-state index contributed by atoms with van der Waals surface area (Å²) in [6, 6.07) is 24.9. The van der Waals surface area contributed by atoms with E-state index >= 15 is 4.79 Å². The topological polar surface area (TPSA) is 104 Å². The monoisotopic (exact) mass is 692 g/mol. The molecule has 4 aliphatic rings. The first-order chi connectivity index (χ1) is 23.7. The van der Waals surface area contributed by atoms with Gasteiger partial charge in [-0.15, -0.1) is 11.3 Å². The molecule has 8 rings (SSSR count). The number of halogens is 1. The highest BCUT2D eigenvalue weighted by Gasteiger charge is 2.70. The molecular formula is C39H33ClN2O6S. The molecule has 3 heterocycles. The number of carbonyl (C=O) groups is 4. The SMILES string of the molecule is CCOc1cc([C@H]2C3=CC[C@@H]4C(=O)N(Cc5cccs5)C(=O)[C@@H]4[C@@H]3C[C@H]3C(=O)N(c4cccc(Cl)c4)C(=O)[C@@]23c2ccccc2)ccc1O. The Hall–Kier alpha value is -4.73. The van der Waals surface area contributed by atoms with E-state index in [2.05, 4.69) is 0 Å². The van der Waals surface area contributed by atoms with E-state index in [1.807, 2.05) is 60.8 Å². The maximum atomic E-state index is 15.3. The number of phenolic OH excluding ortho intramolecular Hbond substituents is 1. The molecule has 6 atom stereocenters. The number of likely N-dealkylation sites (tertiary alicyclic amines) is 1. The first-order valence-corrected chi connectivity index (χ1v) is 17.7. The van der Waals surface area contributed by atoms with Crippen LogP contribution in [0.2, 0.25) is 5.02 Å². The summed E-state index contributed by atoms with van der Waals surface area (Å²) < 4.78 is 5.82. The molecule has 4 amide bonds. The van der Waals surface area contributed by atoms with E-state index < -0.39 is 35.0 Å². The van der Waals surface area contributed by atoms with Crippen LogP contribution in [0.4, 0.5) is 5.69 Å². The standard InChI is InChI=1S/C39H33ClN2O6S/c1-2-48-32-18-22(13-16-31(32)43)34-27-14-15-28-33(37(46)41(35(28)44)21-26-12-7-17-49-26)29(27)20-30-36(45)42(25-11-6-10-24(40)19-25)38(47)39(30,34)23-8-4-3-5-9-23/h3-14,16-19,28-30,33-34,43H,2,15,20-21H2,1H3/t28-,29+,30-,33-,34-,39+/m0/s1. The van der Waals surface area contributed by atoms with Crippen LogP contribution < -0.4 is 9.64 Å². The number of benzene rings is 3. The number of hydrogen-bond acceptors (Lipinski definition) is 7. The lowest BCUT2D eigenvalue weighted by Gasteiger charge is -2.50. The van der Waals surface area contributed by atoms with Crippen LogP contribution in [0.3, 0.4) is 0 Å². The number of imide groups is 2. The van der Waals surface area contributed by atoms with Crippen LogP contribution in [0, 0.1) is 23.7 Å². The predicted octanol–water partition coefficient (Wildman–Crippen LogP) is 6.87. The Labute approximate surface area is 292 Å². The number of fused-ring (bicyclic) bond motifs is 4. The van der Waals surface area contributed by atoms with Crippen molar-refractivity contribution in [1.82, 2.24) is 4.90 Å². The molecule has 0 radical (unpaired) electrons. The molecule has 1 N–H and O–H groups in total. The summed E-state index contributed by atoms with van der Waals surface area (Å²) in [5.41, 5.74) is 1.16. The number of aromatic hydroxyl groups is 1. The highest BCUT2D eigenvalue weighted by Crippen LogP contribution is 2.64. The van der Waals surface area contributed by atoms with E-state index in [4.69, 9.17) is 16.3 Å². The number of rotatable bonds is 7. The third kappa shape index (κ3) is 4.70. The molecule has 8 nitrogen and oxygen atoms in total. The van der Waals surface area contributed by atoms with Crippen LogP contribution in [0.1, 0.15) is 41.7 Å². The molecule has 0 spiro atoms. The van der Waals surface area contributed by atoms with Gasteiger partial charge in [0.25, 0.3) is 0 Å². The van der Waals surface area contributed by atoms with E-state index in [0.717, 1.165) is 10.5 Å². The lowest BCUT2D eigenvalue weighted by Crippen LogP contribution is -2.53. The molecule has 1 saturated carbocycles. The molecule has 2 aliphatic carbocycles. The number of anilines is 1. The van der Waals surface area contributed by atoms with Crippen LogP contribution in [-0.4, -0.2) is 40.2 Å². The Morgan fingerprint density at radius 1 is 0.918 bits per heavy atom. The minimum Gasteiger partial charge on any atom is -0.504 e. The molecule has 2 saturated heterocycles. The summed E-state index contributed by atoms with van der Waals surface area (Å²) in [6.07, 6.45) is 2.58. The molecule has 3 fully saturated rings. The fourth-order valence-electron chi connectivity index (χ4n) is 8.88. The van der Waals surface area contributed by atoms with Crippen molar-refractivity contribution in [3.05, 3.63) is 123 Å². The second-order valence-corrected chi connectivity index (χ2v) is 14.6. The van der Waals surface area contributed by atoms with Gasteiger partial charge in [-0.05, 0) is 78.6 Å². The quantitative estimate of drug-likeness (QED) is 0.168. The summed E-state index contributed by atoms with van der Waals surface area (Å²) in [5, 5.41) is 13.0. The molecule has 1 aromatic heterocycles. The number of carbonyl (C=O) groups excluding carboxylic acids is 4. The third-order valence-electron chi connectivity index (χ3n) is 10.8. The maximum Gasteiger partial charge on any atom is 0.246 e. The third-order valence-corrected chi connectivity index (χ3v) is 11.9. The van der Waals surface area contributed by atoms with E-state index in [1.165, 1.54) is 21.1 Å². The van der Waals surface area contributed by atoms with Crippen LogP contribution in [-0.2, 0) is 31.1 Å². The minimum atomic E-state index is -1.40. The molecule has 3 aromatic carbocycles. The lowest BCUT2D eigenvalue weighted by atomic mass is 9.49.